The molecule has 0 aliphatic carbocycles. The Bertz CT molecular complexity index is 833. The Hall–Kier alpha value is -2.34. The molecule has 0 spiro atoms. The number of nitrogens with zero attached hydrogens (tertiary/aromatic N) is 1. The van der Waals surface area contributed by atoms with Crippen LogP contribution in [0.1, 0.15) is 24.8 Å². The van der Waals surface area contributed by atoms with E-state index in [9.17, 15) is 18.3 Å². The van der Waals surface area contributed by atoms with Crippen LogP contribution in [0.4, 0.5) is 5.69 Å². The first-order valence-electron chi connectivity index (χ1n) is 7.34. The summed E-state index contributed by atoms with van der Waals surface area (Å²) in [5.41, 5.74) is 0.986. The normalized spacial score (nSPS) is 20.8. The number of carbonyl (C=O) groups is 1. The minimum Gasteiger partial charge on any atom is -0.481 e. The van der Waals surface area contributed by atoms with Crippen molar-refractivity contribution in [2.45, 2.75) is 30.2 Å². The summed E-state index contributed by atoms with van der Waals surface area (Å²) < 4.78 is 27.4. The van der Waals surface area contributed by atoms with Crippen LogP contribution in [0.3, 0.4) is 0 Å². The Morgan fingerprint density at radius 3 is 2.35 bits per heavy atom. The smallest absolute Gasteiger partial charge is 0.311 e. The number of benzene rings is 2. The van der Waals surface area contributed by atoms with Gasteiger partial charge in [0.25, 0.3) is 10.0 Å². The van der Waals surface area contributed by atoms with Gasteiger partial charge in [0, 0.05) is 6.04 Å². The van der Waals surface area contributed by atoms with Gasteiger partial charge in [-0.2, -0.15) is 0 Å². The highest BCUT2D eigenvalue weighted by Gasteiger charge is 2.39. The largest absolute Gasteiger partial charge is 0.481 e. The minimum absolute atomic E-state index is 0.204. The van der Waals surface area contributed by atoms with Gasteiger partial charge in [-0.3, -0.25) is 9.10 Å². The van der Waals surface area contributed by atoms with E-state index in [2.05, 4.69) is 0 Å². The molecule has 2 aromatic carbocycles. The van der Waals surface area contributed by atoms with Crippen molar-refractivity contribution in [2.24, 2.45) is 0 Å². The molecule has 0 radical (unpaired) electrons. The standard InChI is InChI=1S/C17H17NO4S/c1-12-11-15(17(19)20)14-9-5-6-10-16(14)18(12)23(21,22)13-7-3-2-4-8-13/h2-10,12,15H,11H2,1H3,(H,19,20). The molecule has 3 rings (SSSR count). The van der Waals surface area contributed by atoms with E-state index in [4.69, 9.17) is 0 Å². The zero-order valence-electron chi connectivity index (χ0n) is 12.6. The monoisotopic (exact) mass is 331 g/mol. The molecule has 1 N–H and O–H groups in total. The first kappa shape index (κ1) is 15.6. The number of carboxylic acid groups (broad SMARTS) is 1. The Morgan fingerprint density at radius 2 is 1.70 bits per heavy atom. The average Bonchev–Trinajstić information content (AvgIpc) is 2.54. The second-order valence-corrected chi connectivity index (χ2v) is 7.46. The molecule has 1 heterocycles. The van der Waals surface area contributed by atoms with Gasteiger partial charge in [-0.15, -0.1) is 0 Å². The lowest BCUT2D eigenvalue weighted by molar-refractivity contribution is -0.139. The summed E-state index contributed by atoms with van der Waals surface area (Å²) in [5, 5.41) is 9.44. The third-order valence-electron chi connectivity index (χ3n) is 4.12. The first-order valence-corrected chi connectivity index (χ1v) is 8.78. The van der Waals surface area contributed by atoms with E-state index in [1.807, 2.05) is 0 Å². The van der Waals surface area contributed by atoms with Crippen molar-refractivity contribution in [3.8, 4) is 0 Å². The Labute approximate surface area is 135 Å². The van der Waals surface area contributed by atoms with Gasteiger partial charge < -0.3 is 5.11 Å². The number of carboxylic acids is 1. The molecule has 120 valence electrons. The average molecular weight is 331 g/mol. The maximum atomic E-state index is 13.0. The lowest BCUT2D eigenvalue weighted by Crippen LogP contribution is -2.44. The van der Waals surface area contributed by atoms with Crippen LogP contribution in [-0.4, -0.2) is 25.5 Å². The van der Waals surface area contributed by atoms with Crippen molar-refractivity contribution in [1.82, 2.24) is 0 Å². The lowest BCUT2D eigenvalue weighted by atomic mass is 9.87. The number of para-hydroxylation sites is 1. The third-order valence-corrected chi connectivity index (χ3v) is 6.07. The molecule has 5 nitrogen and oxygen atoms in total. The number of sulfonamides is 1. The van der Waals surface area contributed by atoms with Crippen LogP contribution >= 0.6 is 0 Å². The molecule has 2 unspecified atom stereocenters. The van der Waals surface area contributed by atoms with E-state index in [-0.39, 0.29) is 11.3 Å². The number of aliphatic carboxylic acids is 1. The summed E-state index contributed by atoms with van der Waals surface area (Å²) in [7, 11) is -3.73. The van der Waals surface area contributed by atoms with Crippen LogP contribution in [0, 0.1) is 0 Å². The van der Waals surface area contributed by atoms with Gasteiger partial charge in [0.1, 0.15) is 0 Å². The molecule has 0 bridgehead atoms. The van der Waals surface area contributed by atoms with Crippen molar-refractivity contribution >= 4 is 21.7 Å². The molecule has 0 saturated carbocycles. The Balaban J connectivity index is 2.17. The molecule has 0 fully saturated rings. The van der Waals surface area contributed by atoms with Gasteiger partial charge in [0.15, 0.2) is 0 Å². The molecule has 2 aromatic rings. The number of rotatable bonds is 3. The van der Waals surface area contributed by atoms with E-state index >= 15 is 0 Å². The zero-order chi connectivity index (χ0) is 16.6. The quantitative estimate of drug-likeness (QED) is 0.938. The predicted molar refractivity (Wildman–Crippen MR) is 87.0 cm³/mol. The Kier molecular flexibility index (Phi) is 3.85. The van der Waals surface area contributed by atoms with E-state index < -0.39 is 28.0 Å². The summed E-state index contributed by atoms with van der Waals surface area (Å²) in [6.45, 7) is 1.74. The maximum absolute atomic E-state index is 13.0. The van der Waals surface area contributed by atoms with Crippen LogP contribution in [0.5, 0.6) is 0 Å². The van der Waals surface area contributed by atoms with Crippen molar-refractivity contribution in [2.75, 3.05) is 4.31 Å². The topological polar surface area (TPSA) is 74.7 Å². The Morgan fingerprint density at radius 1 is 1.09 bits per heavy atom. The summed E-state index contributed by atoms with van der Waals surface area (Å²) in [4.78, 5) is 11.7. The second kappa shape index (κ2) is 5.70. The summed E-state index contributed by atoms with van der Waals surface area (Å²) in [5.74, 6) is -1.62. The van der Waals surface area contributed by atoms with Gasteiger partial charge >= 0.3 is 5.97 Å². The van der Waals surface area contributed by atoms with Gasteiger partial charge in [-0.25, -0.2) is 8.42 Å². The highest BCUT2D eigenvalue weighted by molar-refractivity contribution is 7.92. The molecule has 23 heavy (non-hydrogen) atoms. The van der Waals surface area contributed by atoms with Crippen molar-refractivity contribution in [1.29, 1.82) is 0 Å². The second-order valence-electron chi connectivity index (χ2n) is 5.65. The fourth-order valence-electron chi connectivity index (χ4n) is 3.09. The molecular weight excluding hydrogens is 314 g/mol. The maximum Gasteiger partial charge on any atom is 0.311 e. The van der Waals surface area contributed by atoms with Crippen LogP contribution in [0.25, 0.3) is 0 Å². The number of fused-ring (bicyclic) bond motifs is 1. The molecule has 1 aliphatic heterocycles. The molecule has 6 heteroatoms. The SMILES string of the molecule is CC1CC(C(=O)O)c2ccccc2N1S(=O)(=O)c1ccccc1. The van der Waals surface area contributed by atoms with Gasteiger partial charge in [-0.05, 0) is 37.1 Å². The van der Waals surface area contributed by atoms with E-state index in [0.717, 1.165) is 0 Å². The molecule has 1 aliphatic rings. The van der Waals surface area contributed by atoms with Crippen LogP contribution in [-0.2, 0) is 14.8 Å². The number of hydrogen-bond donors (Lipinski definition) is 1. The number of anilines is 1. The zero-order valence-corrected chi connectivity index (χ0v) is 13.4. The number of hydrogen-bond acceptors (Lipinski definition) is 3. The fourth-order valence-corrected chi connectivity index (χ4v) is 4.80. The predicted octanol–water partition coefficient (Wildman–Crippen LogP) is 2.84. The van der Waals surface area contributed by atoms with E-state index in [1.165, 1.54) is 4.31 Å². The van der Waals surface area contributed by atoms with Gasteiger partial charge in [0.05, 0.1) is 16.5 Å². The molecular formula is C17H17NO4S. The van der Waals surface area contributed by atoms with Crippen molar-refractivity contribution in [3.63, 3.8) is 0 Å². The highest BCUT2D eigenvalue weighted by atomic mass is 32.2. The lowest BCUT2D eigenvalue weighted by Gasteiger charge is -2.38. The van der Waals surface area contributed by atoms with Crippen LogP contribution in [0.2, 0.25) is 0 Å². The van der Waals surface area contributed by atoms with Crippen molar-refractivity contribution < 1.29 is 18.3 Å². The van der Waals surface area contributed by atoms with Crippen molar-refractivity contribution in [3.05, 3.63) is 60.2 Å². The minimum atomic E-state index is -3.73. The molecule has 0 aromatic heterocycles. The summed E-state index contributed by atoms with van der Waals surface area (Å²) in [6, 6.07) is 14.6. The first-order chi connectivity index (χ1) is 10.9. The molecule has 0 saturated heterocycles. The van der Waals surface area contributed by atoms with E-state index in [0.29, 0.717) is 11.3 Å². The molecule has 0 amide bonds. The third kappa shape index (κ3) is 2.59. The van der Waals surface area contributed by atoms with Crippen LogP contribution < -0.4 is 4.31 Å². The fraction of sp³-hybridized carbons (Fsp3) is 0.235. The van der Waals surface area contributed by atoms with Crippen LogP contribution in [0.15, 0.2) is 59.5 Å². The summed E-state index contributed by atoms with van der Waals surface area (Å²) in [6.07, 6.45) is 0.248. The molecule has 2 atom stereocenters. The van der Waals surface area contributed by atoms with E-state index in [1.54, 1.807) is 61.5 Å². The van der Waals surface area contributed by atoms with Gasteiger partial charge in [0.2, 0.25) is 0 Å². The van der Waals surface area contributed by atoms with Gasteiger partial charge in [-0.1, -0.05) is 36.4 Å². The summed E-state index contributed by atoms with van der Waals surface area (Å²) >= 11 is 0. The highest BCUT2D eigenvalue weighted by Crippen LogP contribution is 2.41.